The van der Waals surface area contributed by atoms with Crippen LogP contribution < -0.4 is 5.32 Å². The van der Waals surface area contributed by atoms with Crippen molar-refractivity contribution < 1.29 is 4.79 Å². The maximum atomic E-state index is 12.2. The molecule has 1 aromatic heterocycles. The van der Waals surface area contributed by atoms with Crippen LogP contribution in [0.5, 0.6) is 0 Å². The molecule has 4 rings (SSSR count). The molecule has 0 spiro atoms. The Bertz CT molecular complexity index is 1110. The second-order valence-corrected chi connectivity index (χ2v) is 7.64. The lowest BCUT2D eigenvalue weighted by molar-refractivity contribution is -0.113. The topological polar surface area (TPSA) is 59.8 Å². The van der Waals surface area contributed by atoms with Gasteiger partial charge >= 0.3 is 0 Å². The maximum absolute atomic E-state index is 12.2. The number of benzene rings is 3. The fraction of sp³-hybridized carbons (Fsp3) is 0.125. The normalized spacial score (nSPS) is 10.7. The van der Waals surface area contributed by atoms with Crippen molar-refractivity contribution in [3.63, 3.8) is 0 Å². The summed E-state index contributed by atoms with van der Waals surface area (Å²) in [6.45, 7) is 2.78. The van der Waals surface area contributed by atoms with E-state index in [1.165, 1.54) is 17.3 Å². The van der Waals surface area contributed by atoms with Crippen LogP contribution in [0.1, 0.15) is 6.92 Å². The van der Waals surface area contributed by atoms with Gasteiger partial charge in [-0.25, -0.2) is 0 Å². The highest BCUT2D eigenvalue weighted by atomic mass is 32.2. The van der Waals surface area contributed by atoms with Gasteiger partial charge in [0.15, 0.2) is 11.0 Å². The summed E-state index contributed by atoms with van der Waals surface area (Å²) in [6, 6.07) is 28.0. The van der Waals surface area contributed by atoms with Gasteiger partial charge in [0.2, 0.25) is 5.91 Å². The van der Waals surface area contributed by atoms with E-state index in [0.717, 1.165) is 34.3 Å². The fourth-order valence-electron chi connectivity index (χ4n) is 3.19. The van der Waals surface area contributed by atoms with Crippen molar-refractivity contribution in [3.8, 4) is 22.5 Å². The minimum atomic E-state index is -0.0642. The van der Waals surface area contributed by atoms with Crippen LogP contribution in [0.3, 0.4) is 0 Å². The Kier molecular flexibility index (Phi) is 6.25. The quantitative estimate of drug-likeness (QED) is 0.414. The first kappa shape index (κ1) is 19.9. The van der Waals surface area contributed by atoms with Crippen LogP contribution in [0.15, 0.2) is 90.1 Å². The first-order valence-corrected chi connectivity index (χ1v) is 10.8. The van der Waals surface area contributed by atoms with Crippen molar-refractivity contribution in [2.75, 3.05) is 11.1 Å². The zero-order valence-electron chi connectivity index (χ0n) is 16.7. The molecular formula is C24H22N4OS. The standard InChI is InChI=1S/C24H22N4OS/c1-2-28-23(20-15-13-19(14-16-20)18-9-5-3-6-10-18)26-27-24(28)30-17-22(29)25-21-11-7-4-8-12-21/h3-16H,2,17H2,1H3,(H,25,29). The van der Waals surface area contributed by atoms with E-state index in [9.17, 15) is 4.79 Å². The van der Waals surface area contributed by atoms with Crippen LogP contribution in [0.2, 0.25) is 0 Å². The molecule has 0 aliphatic heterocycles. The molecule has 1 heterocycles. The molecule has 1 N–H and O–H groups in total. The predicted molar refractivity (Wildman–Crippen MR) is 122 cm³/mol. The summed E-state index contributed by atoms with van der Waals surface area (Å²) in [7, 11) is 0. The number of hydrogen-bond donors (Lipinski definition) is 1. The van der Waals surface area contributed by atoms with Gasteiger partial charge in [0.05, 0.1) is 5.75 Å². The first-order valence-electron chi connectivity index (χ1n) is 9.81. The van der Waals surface area contributed by atoms with Gasteiger partial charge in [0, 0.05) is 17.8 Å². The van der Waals surface area contributed by atoms with Gasteiger partial charge in [0.1, 0.15) is 0 Å². The van der Waals surface area contributed by atoms with Gasteiger partial charge in [-0.3, -0.25) is 4.79 Å². The molecule has 0 unspecified atom stereocenters. The monoisotopic (exact) mass is 414 g/mol. The number of carbonyl (C=O) groups is 1. The Morgan fingerprint density at radius 2 is 1.43 bits per heavy atom. The van der Waals surface area contributed by atoms with E-state index in [2.05, 4.69) is 58.8 Å². The highest BCUT2D eigenvalue weighted by molar-refractivity contribution is 7.99. The smallest absolute Gasteiger partial charge is 0.234 e. The summed E-state index contributed by atoms with van der Waals surface area (Å²) in [6.07, 6.45) is 0. The zero-order valence-corrected chi connectivity index (χ0v) is 17.5. The highest BCUT2D eigenvalue weighted by Gasteiger charge is 2.15. The van der Waals surface area contributed by atoms with Gasteiger partial charge in [-0.15, -0.1) is 10.2 Å². The van der Waals surface area contributed by atoms with Crippen LogP contribution in [0.25, 0.3) is 22.5 Å². The van der Waals surface area contributed by atoms with E-state index in [1.807, 2.05) is 53.1 Å². The summed E-state index contributed by atoms with van der Waals surface area (Å²) in [5.41, 5.74) is 4.14. The molecule has 30 heavy (non-hydrogen) atoms. The summed E-state index contributed by atoms with van der Waals surface area (Å²) in [5.74, 6) is 1.02. The lowest BCUT2D eigenvalue weighted by Crippen LogP contribution is -2.14. The second-order valence-electron chi connectivity index (χ2n) is 6.70. The Balaban J connectivity index is 1.46. The van der Waals surface area contributed by atoms with Gasteiger partial charge in [-0.2, -0.15) is 0 Å². The number of carbonyl (C=O) groups excluding carboxylic acids is 1. The van der Waals surface area contributed by atoms with Crippen molar-refractivity contribution in [2.24, 2.45) is 0 Å². The third-order valence-electron chi connectivity index (χ3n) is 4.67. The second kappa shape index (κ2) is 9.41. The van der Waals surface area contributed by atoms with E-state index in [-0.39, 0.29) is 11.7 Å². The molecule has 4 aromatic rings. The lowest BCUT2D eigenvalue weighted by atomic mass is 10.0. The molecule has 150 valence electrons. The number of thioether (sulfide) groups is 1. The predicted octanol–water partition coefficient (Wildman–Crippen LogP) is 5.36. The number of nitrogens with zero attached hydrogens (tertiary/aromatic N) is 3. The molecule has 0 saturated heterocycles. The highest BCUT2D eigenvalue weighted by Crippen LogP contribution is 2.27. The average molecular weight is 415 g/mol. The maximum Gasteiger partial charge on any atom is 0.234 e. The first-order chi connectivity index (χ1) is 14.7. The SMILES string of the molecule is CCn1c(SCC(=O)Nc2ccccc2)nnc1-c1ccc(-c2ccccc2)cc1. The molecule has 0 aliphatic rings. The van der Waals surface area contributed by atoms with Crippen LogP contribution >= 0.6 is 11.8 Å². The van der Waals surface area contributed by atoms with Crippen molar-refractivity contribution in [1.29, 1.82) is 0 Å². The van der Waals surface area contributed by atoms with Gasteiger partial charge < -0.3 is 9.88 Å². The number of para-hydroxylation sites is 1. The summed E-state index contributed by atoms with van der Waals surface area (Å²) >= 11 is 1.39. The number of amides is 1. The molecule has 0 atom stereocenters. The lowest BCUT2D eigenvalue weighted by Gasteiger charge is -2.09. The number of rotatable bonds is 7. The van der Waals surface area contributed by atoms with Crippen LogP contribution in [-0.2, 0) is 11.3 Å². The summed E-state index contributed by atoms with van der Waals surface area (Å²) < 4.78 is 2.04. The molecule has 0 fully saturated rings. The van der Waals surface area contributed by atoms with Gasteiger partial charge in [-0.1, -0.05) is 84.6 Å². The molecular weight excluding hydrogens is 392 g/mol. The zero-order chi connectivity index (χ0) is 20.8. The Labute approximate surface area is 180 Å². The van der Waals surface area contributed by atoms with Crippen molar-refractivity contribution in [1.82, 2.24) is 14.8 Å². The molecule has 6 heteroatoms. The van der Waals surface area contributed by atoms with Crippen molar-refractivity contribution in [3.05, 3.63) is 84.9 Å². The summed E-state index contributed by atoms with van der Waals surface area (Å²) in [5, 5.41) is 12.3. The molecule has 3 aromatic carbocycles. The van der Waals surface area contributed by atoms with Gasteiger partial charge in [0.25, 0.3) is 0 Å². The number of hydrogen-bond acceptors (Lipinski definition) is 4. The fourth-order valence-corrected chi connectivity index (χ4v) is 3.99. The molecule has 5 nitrogen and oxygen atoms in total. The minimum absolute atomic E-state index is 0.0642. The Morgan fingerprint density at radius 3 is 2.10 bits per heavy atom. The Morgan fingerprint density at radius 1 is 0.833 bits per heavy atom. The molecule has 0 radical (unpaired) electrons. The number of aromatic nitrogens is 3. The van der Waals surface area contributed by atoms with Crippen LogP contribution in [0.4, 0.5) is 5.69 Å². The molecule has 0 aliphatic carbocycles. The number of anilines is 1. The van der Waals surface area contributed by atoms with Crippen LogP contribution in [0, 0.1) is 0 Å². The minimum Gasteiger partial charge on any atom is -0.325 e. The van der Waals surface area contributed by atoms with Crippen molar-refractivity contribution in [2.45, 2.75) is 18.6 Å². The molecule has 1 amide bonds. The molecule has 0 saturated carbocycles. The van der Waals surface area contributed by atoms with E-state index < -0.39 is 0 Å². The Hall–Kier alpha value is -3.38. The third-order valence-corrected chi connectivity index (χ3v) is 5.64. The van der Waals surface area contributed by atoms with Crippen molar-refractivity contribution >= 4 is 23.4 Å². The summed E-state index contributed by atoms with van der Waals surface area (Å²) in [4.78, 5) is 12.2. The van der Waals surface area contributed by atoms with E-state index in [1.54, 1.807) is 0 Å². The average Bonchev–Trinajstić information content (AvgIpc) is 3.22. The van der Waals surface area contributed by atoms with E-state index >= 15 is 0 Å². The third kappa shape index (κ3) is 4.60. The van der Waals surface area contributed by atoms with Crippen LogP contribution in [-0.4, -0.2) is 26.4 Å². The largest absolute Gasteiger partial charge is 0.325 e. The van der Waals surface area contributed by atoms with E-state index in [0.29, 0.717) is 0 Å². The van der Waals surface area contributed by atoms with E-state index in [4.69, 9.17) is 0 Å². The van der Waals surface area contributed by atoms with Gasteiger partial charge in [-0.05, 0) is 30.2 Å². The number of nitrogens with one attached hydrogen (secondary N) is 1. The molecule has 0 bridgehead atoms.